The van der Waals surface area contributed by atoms with Gasteiger partial charge in [0.15, 0.2) is 0 Å². The molecule has 0 atom stereocenters. The first-order valence-electron chi connectivity index (χ1n) is 2.54. The van der Waals surface area contributed by atoms with Gasteiger partial charge in [0.25, 0.3) is 0 Å². The van der Waals surface area contributed by atoms with Gasteiger partial charge in [0.2, 0.25) is 0 Å². The molecule has 4 nitrogen and oxygen atoms in total. The third-order valence-corrected chi connectivity index (χ3v) is 1.46. The number of halogens is 1. The molecule has 0 amide bonds. The molecule has 6 heteroatoms. The van der Waals surface area contributed by atoms with Crippen LogP contribution in [0, 0.1) is 0 Å². The maximum Gasteiger partial charge on any atom is 1.00 e. The summed E-state index contributed by atoms with van der Waals surface area (Å²) in [4.78, 5) is 10.4. The average Bonchev–Trinajstić information content (AvgIpc) is 2.10. The number of aryl methyl sites for hydroxylation is 1. The largest absolute Gasteiger partial charge is 1.00 e. The smallest absolute Gasteiger partial charge is 1.00 e. The predicted molar refractivity (Wildman–Crippen MR) is 39.0 cm³/mol. The van der Waals surface area contributed by atoms with Crippen LogP contribution in [0.1, 0.15) is 11.9 Å². The van der Waals surface area contributed by atoms with Crippen LogP contribution in [0.25, 0.3) is 0 Å². The van der Waals surface area contributed by atoms with E-state index in [2.05, 4.69) is 21.0 Å². The summed E-state index contributed by atoms with van der Waals surface area (Å²) in [6.45, 7) is 0. The summed E-state index contributed by atoms with van der Waals surface area (Å²) in [7, 11) is 1.58. The molecular formula is C5H6BrLiN2O2. The first-order chi connectivity index (χ1) is 4.61. The van der Waals surface area contributed by atoms with Crippen molar-refractivity contribution in [3.8, 4) is 0 Å². The van der Waals surface area contributed by atoms with E-state index in [-0.39, 0.29) is 26.0 Å². The number of aromatic nitrogens is 2. The zero-order valence-electron chi connectivity index (χ0n) is 7.21. The van der Waals surface area contributed by atoms with Gasteiger partial charge in [-0.25, -0.2) is 4.79 Å². The van der Waals surface area contributed by atoms with Crippen LogP contribution in [0.5, 0.6) is 0 Å². The molecule has 1 aromatic rings. The Morgan fingerprint density at radius 1 is 1.91 bits per heavy atom. The quantitative estimate of drug-likeness (QED) is 0.548. The summed E-state index contributed by atoms with van der Waals surface area (Å²) >= 11 is 3.06. The Kier molecular flexibility index (Phi) is 3.87. The van der Waals surface area contributed by atoms with Crippen LogP contribution in [0.15, 0.2) is 10.7 Å². The van der Waals surface area contributed by atoms with Crippen LogP contribution >= 0.6 is 15.9 Å². The van der Waals surface area contributed by atoms with Gasteiger partial charge >= 0.3 is 24.8 Å². The first kappa shape index (κ1) is 10.8. The third kappa shape index (κ3) is 2.36. The number of carboxylic acid groups (broad SMARTS) is 1. The van der Waals surface area contributed by atoms with Crippen LogP contribution in [0.4, 0.5) is 0 Å². The van der Waals surface area contributed by atoms with Gasteiger partial charge in [-0.1, -0.05) is 0 Å². The second-order valence-corrected chi connectivity index (χ2v) is 2.59. The summed E-state index contributed by atoms with van der Waals surface area (Å²) < 4.78 is 1.83. The minimum atomic E-state index is -0.972. The fourth-order valence-electron chi connectivity index (χ4n) is 0.632. The molecular weight excluding hydrogens is 207 g/mol. The molecule has 11 heavy (non-hydrogen) atoms. The van der Waals surface area contributed by atoms with Gasteiger partial charge in [0, 0.05) is 13.1 Å². The minimum Gasteiger partial charge on any atom is -1.00 e. The average molecular weight is 213 g/mol. The minimum absolute atomic E-state index is 0. The van der Waals surface area contributed by atoms with Crippen molar-refractivity contribution in [2.75, 3.05) is 0 Å². The summed E-state index contributed by atoms with van der Waals surface area (Å²) in [5, 5.41) is 12.3. The molecule has 0 aliphatic carbocycles. The van der Waals surface area contributed by atoms with E-state index < -0.39 is 5.97 Å². The molecule has 0 unspecified atom stereocenters. The maximum atomic E-state index is 10.4. The van der Waals surface area contributed by atoms with Crippen molar-refractivity contribution in [2.45, 2.75) is 0 Å². The van der Waals surface area contributed by atoms with Crippen LogP contribution in [0.2, 0.25) is 0 Å². The Balaban J connectivity index is 0. The Morgan fingerprint density at radius 3 is 2.64 bits per heavy atom. The van der Waals surface area contributed by atoms with Crippen LogP contribution in [-0.2, 0) is 7.05 Å². The normalized spacial score (nSPS) is 8.91. The van der Waals surface area contributed by atoms with Crippen LogP contribution < -0.4 is 18.9 Å². The van der Waals surface area contributed by atoms with Crippen molar-refractivity contribution in [2.24, 2.45) is 7.05 Å². The molecule has 0 aliphatic rings. The van der Waals surface area contributed by atoms with Gasteiger partial charge in [-0.3, -0.25) is 4.68 Å². The molecule has 1 rings (SSSR count). The molecule has 0 saturated heterocycles. The van der Waals surface area contributed by atoms with Gasteiger partial charge in [0.05, 0.1) is 0 Å². The number of aromatic carboxylic acids is 1. The topological polar surface area (TPSA) is 55.1 Å². The van der Waals surface area contributed by atoms with Crippen molar-refractivity contribution in [3.05, 3.63) is 16.4 Å². The SMILES string of the molecule is Cn1nc(Br)cc1C(=O)O.[H-].[Li+]. The number of carboxylic acids is 1. The molecule has 1 N–H and O–H groups in total. The summed E-state index contributed by atoms with van der Waals surface area (Å²) in [6.07, 6.45) is 0. The molecule has 0 bridgehead atoms. The fraction of sp³-hybridized carbons (Fsp3) is 0.200. The van der Waals surface area contributed by atoms with Crippen molar-refractivity contribution in [1.29, 1.82) is 0 Å². The van der Waals surface area contributed by atoms with E-state index in [4.69, 9.17) is 5.11 Å². The molecule has 56 valence electrons. The number of nitrogens with zero attached hydrogens (tertiary/aromatic N) is 2. The van der Waals surface area contributed by atoms with Gasteiger partial charge in [-0.15, -0.1) is 0 Å². The third-order valence-electron chi connectivity index (χ3n) is 1.07. The molecule has 0 radical (unpaired) electrons. The molecule has 0 saturated carbocycles. The second-order valence-electron chi connectivity index (χ2n) is 1.78. The van der Waals surface area contributed by atoms with Crippen LogP contribution in [-0.4, -0.2) is 20.9 Å². The van der Waals surface area contributed by atoms with E-state index in [1.54, 1.807) is 7.05 Å². The molecule has 1 aromatic heterocycles. The van der Waals surface area contributed by atoms with Crippen molar-refractivity contribution < 1.29 is 30.2 Å². The van der Waals surface area contributed by atoms with Gasteiger partial charge in [0.1, 0.15) is 10.3 Å². The zero-order chi connectivity index (χ0) is 7.72. The zero-order valence-corrected chi connectivity index (χ0v) is 7.79. The molecule has 0 aromatic carbocycles. The Bertz CT molecular complexity index is 278. The van der Waals surface area contributed by atoms with Crippen molar-refractivity contribution in [1.82, 2.24) is 9.78 Å². The summed E-state index contributed by atoms with van der Waals surface area (Å²) in [6, 6.07) is 1.45. The Hall–Kier alpha value is -0.243. The van der Waals surface area contributed by atoms with E-state index in [1.807, 2.05) is 0 Å². The second kappa shape index (κ2) is 3.95. The molecule has 0 aliphatic heterocycles. The standard InChI is InChI=1S/C5H5BrN2O2.Li.H/c1-8-3(5(9)10)2-4(6)7-8;;/h2H,1H3,(H,9,10);;/q;+1;-1. The van der Waals surface area contributed by atoms with E-state index in [0.29, 0.717) is 4.60 Å². The van der Waals surface area contributed by atoms with Gasteiger partial charge in [-0.05, 0) is 15.9 Å². The molecule has 0 fully saturated rings. The van der Waals surface area contributed by atoms with Crippen molar-refractivity contribution >= 4 is 21.9 Å². The predicted octanol–water partition coefficient (Wildman–Crippen LogP) is -2.00. The summed E-state index contributed by atoms with van der Waals surface area (Å²) in [5.41, 5.74) is 0.173. The maximum absolute atomic E-state index is 10.4. The van der Waals surface area contributed by atoms with Crippen molar-refractivity contribution in [3.63, 3.8) is 0 Å². The molecule has 1 heterocycles. The number of rotatable bonds is 1. The number of hydrogen-bond acceptors (Lipinski definition) is 2. The number of carbonyl (C=O) groups is 1. The summed E-state index contributed by atoms with van der Waals surface area (Å²) in [5.74, 6) is -0.972. The van der Waals surface area contributed by atoms with E-state index in [9.17, 15) is 4.79 Å². The van der Waals surface area contributed by atoms with E-state index in [1.165, 1.54) is 10.7 Å². The monoisotopic (exact) mass is 212 g/mol. The van der Waals surface area contributed by atoms with E-state index >= 15 is 0 Å². The first-order valence-corrected chi connectivity index (χ1v) is 3.33. The van der Waals surface area contributed by atoms with E-state index in [0.717, 1.165) is 0 Å². The van der Waals surface area contributed by atoms with Crippen LogP contribution in [0.3, 0.4) is 0 Å². The Morgan fingerprint density at radius 2 is 2.45 bits per heavy atom. The van der Waals surface area contributed by atoms with Gasteiger partial charge in [-0.2, -0.15) is 5.10 Å². The van der Waals surface area contributed by atoms with Gasteiger partial charge < -0.3 is 6.53 Å². The Labute approximate surface area is 85.4 Å². The fourth-order valence-corrected chi connectivity index (χ4v) is 1.09. The molecule has 0 spiro atoms. The number of hydrogen-bond donors (Lipinski definition) is 1.